The maximum atomic E-state index is 5.57. The fourth-order valence-corrected chi connectivity index (χ4v) is 1.74. The van der Waals surface area contributed by atoms with E-state index in [9.17, 15) is 0 Å². The molecular formula is C12H13N5O. The Bertz CT molecular complexity index is 610. The van der Waals surface area contributed by atoms with Crippen molar-refractivity contribution in [3.05, 3.63) is 24.4 Å². The van der Waals surface area contributed by atoms with Crippen LogP contribution in [-0.2, 0) is 4.74 Å². The second-order valence-corrected chi connectivity index (χ2v) is 4.54. The lowest BCUT2D eigenvalue weighted by Gasteiger charge is -2.06. The maximum Gasteiger partial charge on any atom is 0.237 e. The molecule has 0 radical (unpaired) electrons. The highest BCUT2D eigenvalue weighted by Gasteiger charge is 2.23. The molecule has 2 aromatic heterocycles. The normalized spacial score (nSPS) is 19.1. The third kappa shape index (κ3) is 1.90. The molecule has 0 fully saturated rings. The molecule has 6 heteroatoms. The van der Waals surface area contributed by atoms with Crippen LogP contribution in [0.4, 0.5) is 0 Å². The van der Waals surface area contributed by atoms with Gasteiger partial charge in [-0.2, -0.15) is 0 Å². The molecule has 0 amide bonds. The molecule has 0 aliphatic carbocycles. The number of fused-ring (bicyclic) bond motifs is 1. The Balaban J connectivity index is 1.98. The van der Waals surface area contributed by atoms with Gasteiger partial charge in [-0.15, -0.1) is 0 Å². The zero-order valence-corrected chi connectivity index (χ0v) is 10.2. The highest BCUT2D eigenvalue weighted by molar-refractivity contribution is 5.94. The Morgan fingerprint density at radius 3 is 2.94 bits per heavy atom. The van der Waals surface area contributed by atoms with E-state index in [4.69, 9.17) is 4.74 Å². The van der Waals surface area contributed by atoms with E-state index in [1.54, 1.807) is 12.4 Å². The molecule has 1 unspecified atom stereocenters. The summed E-state index contributed by atoms with van der Waals surface area (Å²) in [7, 11) is 0. The van der Waals surface area contributed by atoms with Crippen LogP contribution in [0, 0.1) is 5.92 Å². The van der Waals surface area contributed by atoms with Crippen LogP contribution in [0.2, 0.25) is 0 Å². The largest absolute Gasteiger partial charge is 0.474 e. The van der Waals surface area contributed by atoms with Gasteiger partial charge in [0.1, 0.15) is 24.1 Å². The minimum atomic E-state index is 0.197. The predicted molar refractivity (Wildman–Crippen MR) is 66.2 cm³/mol. The molecule has 1 atom stereocenters. The van der Waals surface area contributed by atoms with Crippen molar-refractivity contribution in [2.45, 2.75) is 19.9 Å². The van der Waals surface area contributed by atoms with Gasteiger partial charge in [-0.05, 0) is 5.92 Å². The summed E-state index contributed by atoms with van der Waals surface area (Å²) >= 11 is 0. The lowest BCUT2D eigenvalue weighted by atomic mass is 10.1. The van der Waals surface area contributed by atoms with Crippen molar-refractivity contribution in [2.75, 3.05) is 6.61 Å². The van der Waals surface area contributed by atoms with Crippen LogP contribution in [0.5, 0.6) is 0 Å². The summed E-state index contributed by atoms with van der Waals surface area (Å²) < 4.78 is 5.57. The Labute approximate surface area is 104 Å². The van der Waals surface area contributed by atoms with Crippen LogP contribution in [0.1, 0.15) is 19.5 Å². The van der Waals surface area contributed by atoms with Crippen LogP contribution in [0.15, 0.2) is 23.7 Å². The van der Waals surface area contributed by atoms with Crippen LogP contribution in [0.3, 0.4) is 0 Å². The minimum Gasteiger partial charge on any atom is -0.474 e. The molecule has 0 bridgehead atoms. The quantitative estimate of drug-likeness (QED) is 0.793. The molecule has 0 saturated heterocycles. The third-order valence-corrected chi connectivity index (χ3v) is 2.89. The zero-order valence-electron chi connectivity index (χ0n) is 10.2. The third-order valence-electron chi connectivity index (χ3n) is 2.89. The van der Waals surface area contributed by atoms with Crippen molar-refractivity contribution in [2.24, 2.45) is 10.9 Å². The molecule has 3 heterocycles. The van der Waals surface area contributed by atoms with Gasteiger partial charge in [0.2, 0.25) is 5.90 Å². The minimum absolute atomic E-state index is 0.197. The van der Waals surface area contributed by atoms with Gasteiger partial charge in [-0.1, -0.05) is 13.8 Å². The number of aliphatic imine (C=N–C) groups is 1. The standard InChI is InChI=1S/C12H13N5O/c1-7(2)10-5-18-12(17-10)9-4-14-8-3-13-6-15-11(8)16-9/h3-4,6-7,10H,5H2,1-2H3. The summed E-state index contributed by atoms with van der Waals surface area (Å²) in [6.07, 6.45) is 4.73. The Morgan fingerprint density at radius 1 is 1.28 bits per heavy atom. The summed E-state index contributed by atoms with van der Waals surface area (Å²) in [4.78, 5) is 21.1. The molecule has 1 aliphatic heterocycles. The molecular weight excluding hydrogens is 230 g/mol. The van der Waals surface area contributed by atoms with Crippen molar-refractivity contribution in [1.29, 1.82) is 0 Å². The summed E-state index contributed by atoms with van der Waals surface area (Å²) in [5.41, 5.74) is 1.85. The topological polar surface area (TPSA) is 73.2 Å². The summed E-state index contributed by atoms with van der Waals surface area (Å²) in [5.74, 6) is 1.01. The molecule has 0 aromatic carbocycles. The van der Waals surface area contributed by atoms with Gasteiger partial charge in [0.15, 0.2) is 5.65 Å². The average molecular weight is 243 g/mol. The van der Waals surface area contributed by atoms with Gasteiger partial charge in [0.05, 0.1) is 18.4 Å². The average Bonchev–Trinajstić information content (AvgIpc) is 2.88. The Hall–Kier alpha value is -2.11. The smallest absolute Gasteiger partial charge is 0.237 e. The van der Waals surface area contributed by atoms with E-state index >= 15 is 0 Å². The van der Waals surface area contributed by atoms with Crippen LogP contribution in [0.25, 0.3) is 11.2 Å². The zero-order chi connectivity index (χ0) is 12.5. The van der Waals surface area contributed by atoms with E-state index in [1.165, 1.54) is 6.33 Å². The second kappa shape index (κ2) is 4.29. The molecule has 2 aromatic rings. The van der Waals surface area contributed by atoms with E-state index in [2.05, 4.69) is 38.8 Å². The molecule has 18 heavy (non-hydrogen) atoms. The predicted octanol–water partition coefficient (Wildman–Crippen LogP) is 1.22. The van der Waals surface area contributed by atoms with Gasteiger partial charge < -0.3 is 4.74 Å². The Kier molecular flexibility index (Phi) is 2.62. The number of nitrogens with zero attached hydrogens (tertiary/aromatic N) is 5. The first-order valence-corrected chi connectivity index (χ1v) is 5.88. The molecule has 0 spiro atoms. The molecule has 0 N–H and O–H groups in total. The molecule has 6 nitrogen and oxygen atoms in total. The summed E-state index contributed by atoms with van der Waals surface area (Å²) in [5, 5.41) is 0. The lowest BCUT2D eigenvalue weighted by Crippen LogP contribution is -2.13. The van der Waals surface area contributed by atoms with Crippen LogP contribution >= 0.6 is 0 Å². The SMILES string of the molecule is CC(C)C1COC(c2cnc3cncnc3n2)=N1. The maximum absolute atomic E-state index is 5.57. The lowest BCUT2D eigenvalue weighted by molar-refractivity contribution is 0.291. The first-order valence-electron chi connectivity index (χ1n) is 5.88. The van der Waals surface area contributed by atoms with Gasteiger partial charge in [-0.25, -0.2) is 24.9 Å². The van der Waals surface area contributed by atoms with Gasteiger partial charge >= 0.3 is 0 Å². The number of hydrogen-bond acceptors (Lipinski definition) is 6. The molecule has 1 aliphatic rings. The molecule has 0 saturated carbocycles. The number of rotatable bonds is 2. The van der Waals surface area contributed by atoms with Crippen LogP contribution in [-0.4, -0.2) is 38.5 Å². The van der Waals surface area contributed by atoms with Crippen molar-refractivity contribution in [1.82, 2.24) is 19.9 Å². The van der Waals surface area contributed by atoms with Crippen LogP contribution < -0.4 is 0 Å². The first-order chi connectivity index (χ1) is 8.74. The van der Waals surface area contributed by atoms with E-state index < -0.39 is 0 Å². The highest BCUT2D eigenvalue weighted by Crippen LogP contribution is 2.17. The van der Waals surface area contributed by atoms with E-state index in [1.807, 2.05) is 0 Å². The number of hydrogen-bond donors (Lipinski definition) is 0. The number of aromatic nitrogens is 4. The fourth-order valence-electron chi connectivity index (χ4n) is 1.74. The first kappa shape index (κ1) is 11.0. The number of ether oxygens (including phenoxy) is 1. The monoisotopic (exact) mass is 243 g/mol. The van der Waals surface area contributed by atoms with Crippen molar-refractivity contribution in [3.63, 3.8) is 0 Å². The molecule has 92 valence electrons. The second-order valence-electron chi connectivity index (χ2n) is 4.54. The van der Waals surface area contributed by atoms with E-state index in [-0.39, 0.29) is 6.04 Å². The van der Waals surface area contributed by atoms with Crippen molar-refractivity contribution in [3.8, 4) is 0 Å². The van der Waals surface area contributed by atoms with Crippen molar-refractivity contribution < 1.29 is 4.74 Å². The Morgan fingerprint density at radius 2 is 2.17 bits per heavy atom. The highest BCUT2D eigenvalue weighted by atomic mass is 16.5. The van der Waals surface area contributed by atoms with E-state index in [0.29, 0.717) is 35.3 Å². The van der Waals surface area contributed by atoms with Crippen molar-refractivity contribution >= 4 is 17.1 Å². The summed E-state index contributed by atoms with van der Waals surface area (Å²) in [6.45, 7) is 4.86. The van der Waals surface area contributed by atoms with Gasteiger partial charge in [0.25, 0.3) is 0 Å². The summed E-state index contributed by atoms with van der Waals surface area (Å²) in [6, 6.07) is 0.197. The van der Waals surface area contributed by atoms with E-state index in [0.717, 1.165) is 0 Å². The molecule has 3 rings (SSSR count). The van der Waals surface area contributed by atoms with Gasteiger partial charge in [-0.3, -0.25) is 0 Å². The van der Waals surface area contributed by atoms with Gasteiger partial charge in [0, 0.05) is 0 Å². The fraction of sp³-hybridized carbons (Fsp3) is 0.417.